The molecule has 0 heterocycles. The molecule has 2 rings (SSSR count). The van der Waals surface area contributed by atoms with E-state index >= 15 is 0 Å². The van der Waals surface area contributed by atoms with Crippen LogP contribution in [-0.4, -0.2) is 6.54 Å². The number of nitrogens with one attached hydrogen (secondary N) is 1. The van der Waals surface area contributed by atoms with Crippen LogP contribution < -0.4 is 5.32 Å². The molecule has 0 spiro atoms. The Bertz CT molecular complexity index is 548. The van der Waals surface area contributed by atoms with Crippen molar-refractivity contribution in [2.45, 2.75) is 39.2 Å². The first-order valence-corrected chi connectivity index (χ1v) is 8.59. The molecule has 0 saturated heterocycles. The summed E-state index contributed by atoms with van der Waals surface area (Å²) in [6, 6.07) is 17.9. The highest BCUT2D eigenvalue weighted by atomic mass is 79.9. The Labute approximate surface area is 136 Å². The lowest BCUT2D eigenvalue weighted by Gasteiger charge is -2.20. The van der Waals surface area contributed by atoms with Crippen LogP contribution in [0.5, 0.6) is 0 Å². The van der Waals surface area contributed by atoms with E-state index in [0.717, 1.165) is 25.8 Å². The van der Waals surface area contributed by atoms with Gasteiger partial charge in [0, 0.05) is 10.5 Å². The Morgan fingerprint density at radius 1 is 1.00 bits per heavy atom. The molecule has 0 radical (unpaired) electrons. The van der Waals surface area contributed by atoms with Gasteiger partial charge in [-0.2, -0.15) is 0 Å². The monoisotopic (exact) mass is 345 g/mol. The molecule has 1 unspecified atom stereocenters. The van der Waals surface area contributed by atoms with Crippen molar-refractivity contribution in [3.63, 3.8) is 0 Å². The minimum absolute atomic E-state index is 0.370. The summed E-state index contributed by atoms with van der Waals surface area (Å²) in [5, 5.41) is 3.68. The maximum atomic E-state index is 3.68. The van der Waals surface area contributed by atoms with Crippen LogP contribution in [0.1, 0.15) is 43.0 Å². The zero-order valence-electron chi connectivity index (χ0n) is 12.9. The normalized spacial score (nSPS) is 12.3. The highest BCUT2D eigenvalue weighted by Gasteiger charge is 2.13. The molecule has 0 aliphatic rings. The zero-order valence-corrected chi connectivity index (χ0v) is 14.5. The second-order valence-corrected chi connectivity index (χ2v) is 6.25. The van der Waals surface area contributed by atoms with Crippen LogP contribution in [0.3, 0.4) is 0 Å². The molecule has 2 aromatic carbocycles. The smallest absolute Gasteiger partial charge is 0.0361 e. The van der Waals surface area contributed by atoms with Gasteiger partial charge in [0.15, 0.2) is 0 Å². The lowest BCUT2D eigenvalue weighted by molar-refractivity contribution is 0.528. The van der Waals surface area contributed by atoms with Crippen LogP contribution in [0.4, 0.5) is 0 Å². The molecule has 1 atom stereocenters. The average molecular weight is 346 g/mol. The first kappa shape index (κ1) is 16.3. The van der Waals surface area contributed by atoms with Crippen LogP contribution in [0.15, 0.2) is 53.0 Å². The Balaban J connectivity index is 2.18. The summed E-state index contributed by atoms with van der Waals surface area (Å²) in [4.78, 5) is 0. The van der Waals surface area contributed by atoms with Crippen molar-refractivity contribution >= 4 is 15.9 Å². The number of hydrogen-bond donors (Lipinski definition) is 1. The van der Waals surface area contributed by atoms with Crippen molar-refractivity contribution in [2.24, 2.45) is 0 Å². The first-order chi connectivity index (χ1) is 10.2. The summed E-state index contributed by atoms with van der Waals surface area (Å²) >= 11 is 3.66. The molecule has 112 valence electrons. The summed E-state index contributed by atoms with van der Waals surface area (Å²) in [6.07, 6.45) is 3.25. The summed E-state index contributed by atoms with van der Waals surface area (Å²) < 4.78 is 1.19. The van der Waals surface area contributed by atoms with Crippen LogP contribution in [0.2, 0.25) is 0 Å². The van der Waals surface area contributed by atoms with E-state index in [1.54, 1.807) is 0 Å². The highest BCUT2D eigenvalue weighted by Crippen LogP contribution is 2.24. The van der Waals surface area contributed by atoms with Crippen LogP contribution in [0.25, 0.3) is 0 Å². The molecule has 21 heavy (non-hydrogen) atoms. The molecule has 0 amide bonds. The van der Waals surface area contributed by atoms with Gasteiger partial charge in [-0.3, -0.25) is 0 Å². The number of halogens is 1. The largest absolute Gasteiger partial charge is 0.310 e. The lowest BCUT2D eigenvalue weighted by Crippen LogP contribution is -2.24. The van der Waals surface area contributed by atoms with E-state index in [9.17, 15) is 0 Å². The van der Waals surface area contributed by atoms with Gasteiger partial charge in [-0.15, -0.1) is 0 Å². The molecule has 2 aromatic rings. The summed E-state index contributed by atoms with van der Waals surface area (Å²) in [7, 11) is 0. The van der Waals surface area contributed by atoms with Crippen molar-refractivity contribution in [3.8, 4) is 0 Å². The molecule has 0 fully saturated rings. The van der Waals surface area contributed by atoms with Crippen molar-refractivity contribution in [1.82, 2.24) is 5.32 Å². The molecule has 1 N–H and O–H groups in total. The SMILES string of the molecule is CCCNC(Cc1ccccc1Br)c1ccc(CC)cc1. The van der Waals surface area contributed by atoms with E-state index in [1.807, 2.05) is 0 Å². The number of rotatable bonds is 7. The van der Waals surface area contributed by atoms with E-state index in [2.05, 4.69) is 83.6 Å². The maximum Gasteiger partial charge on any atom is 0.0361 e. The van der Waals surface area contributed by atoms with Crippen molar-refractivity contribution in [1.29, 1.82) is 0 Å². The molecule has 2 heteroatoms. The van der Waals surface area contributed by atoms with E-state index < -0.39 is 0 Å². The van der Waals surface area contributed by atoms with Crippen LogP contribution in [0, 0.1) is 0 Å². The predicted octanol–water partition coefficient (Wildman–Crippen LogP) is 5.29. The molecule has 0 bridgehead atoms. The molecule has 0 aliphatic carbocycles. The summed E-state index contributed by atoms with van der Waals surface area (Å²) in [5.41, 5.74) is 4.12. The van der Waals surface area contributed by atoms with Gasteiger partial charge in [-0.05, 0) is 48.6 Å². The topological polar surface area (TPSA) is 12.0 Å². The fourth-order valence-corrected chi connectivity index (χ4v) is 2.94. The third-order valence-electron chi connectivity index (χ3n) is 3.81. The standard InChI is InChI=1S/C19H24BrN/c1-3-13-21-19(14-17-7-5-6-8-18(17)20)16-11-9-15(4-2)10-12-16/h5-12,19,21H,3-4,13-14H2,1-2H3. The molecule has 1 nitrogen and oxygen atoms in total. The van der Waals surface area contributed by atoms with Gasteiger partial charge in [0.05, 0.1) is 0 Å². The minimum Gasteiger partial charge on any atom is -0.310 e. The molecule has 0 saturated carbocycles. The molecule has 0 aromatic heterocycles. The zero-order chi connectivity index (χ0) is 15.1. The quantitative estimate of drug-likeness (QED) is 0.718. The highest BCUT2D eigenvalue weighted by molar-refractivity contribution is 9.10. The second kappa shape index (κ2) is 8.35. The van der Waals surface area contributed by atoms with E-state index in [-0.39, 0.29) is 0 Å². The fourth-order valence-electron chi connectivity index (χ4n) is 2.50. The van der Waals surface area contributed by atoms with Crippen molar-refractivity contribution in [3.05, 3.63) is 69.7 Å². The Hall–Kier alpha value is -1.12. The first-order valence-electron chi connectivity index (χ1n) is 7.80. The number of benzene rings is 2. The molecular formula is C19H24BrN. The van der Waals surface area contributed by atoms with Gasteiger partial charge >= 0.3 is 0 Å². The fraction of sp³-hybridized carbons (Fsp3) is 0.368. The Morgan fingerprint density at radius 3 is 2.33 bits per heavy atom. The Kier molecular flexibility index (Phi) is 6.47. The molecule has 0 aliphatic heterocycles. The van der Waals surface area contributed by atoms with E-state index in [4.69, 9.17) is 0 Å². The third-order valence-corrected chi connectivity index (χ3v) is 4.59. The van der Waals surface area contributed by atoms with Crippen molar-refractivity contribution < 1.29 is 0 Å². The maximum absolute atomic E-state index is 3.68. The summed E-state index contributed by atoms with van der Waals surface area (Å²) in [6.45, 7) is 5.45. The van der Waals surface area contributed by atoms with Crippen molar-refractivity contribution in [2.75, 3.05) is 6.54 Å². The minimum atomic E-state index is 0.370. The average Bonchev–Trinajstić information content (AvgIpc) is 2.53. The van der Waals surface area contributed by atoms with Gasteiger partial charge < -0.3 is 5.32 Å². The predicted molar refractivity (Wildman–Crippen MR) is 94.7 cm³/mol. The van der Waals surface area contributed by atoms with Crippen LogP contribution in [-0.2, 0) is 12.8 Å². The second-order valence-electron chi connectivity index (χ2n) is 5.40. The van der Waals surface area contributed by atoms with Gasteiger partial charge in [-0.25, -0.2) is 0 Å². The number of aryl methyl sites for hydroxylation is 1. The van der Waals surface area contributed by atoms with E-state index in [1.165, 1.54) is 21.2 Å². The third kappa shape index (κ3) is 4.69. The van der Waals surface area contributed by atoms with E-state index in [0.29, 0.717) is 6.04 Å². The van der Waals surface area contributed by atoms with Gasteiger partial charge in [0.2, 0.25) is 0 Å². The van der Waals surface area contributed by atoms with Gasteiger partial charge in [-0.1, -0.05) is 72.2 Å². The summed E-state index contributed by atoms with van der Waals surface area (Å²) in [5.74, 6) is 0. The number of hydrogen-bond acceptors (Lipinski definition) is 1. The lowest BCUT2D eigenvalue weighted by atomic mass is 9.97. The molecular weight excluding hydrogens is 322 g/mol. The Morgan fingerprint density at radius 2 is 1.71 bits per heavy atom. The van der Waals surface area contributed by atoms with Gasteiger partial charge in [0.1, 0.15) is 0 Å². The van der Waals surface area contributed by atoms with Crippen LogP contribution >= 0.6 is 15.9 Å². The van der Waals surface area contributed by atoms with Gasteiger partial charge in [0.25, 0.3) is 0 Å².